The Hall–Kier alpha value is -1.75. The molecule has 0 aliphatic rings. The van der Waals surface area contributed by atoms with Gasteiger partial charge in [0.05, 0.1) is 10.7 Å². The van der Waals surface area contributed by atoms with Crippen molar-refractivity contribution in [2.45, 2.75) is 13.3 Å². The fourth-order valence-electron chi connectivity index (χ4n) is 1.90. The van der Waals surface area contributed by atoms with Gasteiger partial charge in [0.2, 0.25) is 11.8 Å². The van der Waals surface area contributed by atoms with Gasteiger partial charge < -0.3 is 10.6 Å². The Morgan fingerprint density at radius 3 is 2.09 bits per heavy atom. The number of anilines is 2. The summed E-state index contributed by atoms with van der Waals surface area (Å²) in [5, 5.41) is 6.57. The molecule has 0 spiro atoms. The van der Waals surface area contributed by atoms with Gasteiger partial charge in [-0.2, -0.15) is 0 Å². The number of hydrogen-bond donors (Lipinski definition) is 2. The first-order chi connectivity index (χ1) is 10.8. The van der Waals surface area contributed by atoms with Crippen LogP contribution < -0.4 is 10.6 Å². The van der Waals surface area contributed by atoms with Crippen molar-refractivity contribution in [1.82, 2.24) is 0 Å². The van der Waals surface area contributed by atoms with Crippen molar-refractivity contribution in [3.63, 3.8) is 0 Å². The highest BCUT2D eigenvalue weighted by atomic mass is 35.5. The Kier molecular flexibility index (Phi) is 5.88. The lowest BCUT2D eigenvalue weighted by molar-refractivity contribution is -0.123. The van der Waals surface area contributed by atoms with Crippen LogP contribution in [0, 0.1) is 6.92 Å². The van der Waals surface area contributed by atoms with Gasteiger partial charge in [-0.05, 0) is 48.9 Å². The fraction of sp³-hybridized carbons (Fsp3) is 0.125. The normalized spacial score (nSPS) is 10.3. The Morgan fingerprint density at radius 1 is 0.870 bits per heavy atom. The molecule has 120 valence electrons. The number of benzene rings is 2. The van der Waals surface area contributed by atoms with E-state index in [2.05, 4.69) is 10.6 Å². The summed E-state index contributed by atoms with van der Waals surface area (Å²) < 4.78 is 0. The zero-order chi connectivity index (χ0) is 17.0. The third-order valence-electron chi connectivity index (χ3n) is 2.99. The molecule has 2 aromatic carbocycles. The minimum atomic E-state index is -0.488. The molecule has 2 rings (SSSR count). The van der Waals surface area contributed by atoms with Crippen molar-refractivity contribution in [2.24, 2.45) is 0 Å². The first kappa shape index (κ1) is 17.6. The van der Waals surface area contributed by atoms with E-state index in [1.165, 1.54) is 6.07 Å². The molecule has 4 nitrogen and oxygen atoms in total. The van der Waals surface area contributed by atoms with Crippen LogP contribution in [-0.2, 0) is 9.59 Å². The van der Waals surface area contributed by atoms with Crippen molar-refractivity contribution in [3.05, 3.63) is 57.0 Å². The molecule has 2 amide bonds. The maximum atomic E-state index is 11.9. The number of carbonyl (C=O) groups excluding carboxylic acids is 2. The summed E-state index contributed by atoms with van der Waals surface area (Å²) in [4.78, 5) is 23.9. The van der Waals surface area contributed by atoms with E-state index in [0.717, 1.165) is 5.56 Å². The highest BCUT2D eigenvalue weighted by molar-refractivity contribution is 6.35. The summed E-state index contributed by atoms with van der Waals surface area (Å²) in [5.74, 6) is -0.927. The molecular formula is C16H13Cl3N2O2. The van der Waals surface area contributed by atoms with Crippen LogP contribution in [0.5, 0.6) is 0 Å². The molecule has 0 saturated heterocycles. The molecule has 23 heavy (non-hydrogen) atoms. The largest absolute Gasteiger partial charge is 0.325 e. The van der Waals surface area contributed by atoms with E-state index in [1.807, 2.05) is 6.92 Å². The zero-order valence-electron chi connectivity index (χ0n) is 12.1. The van der Waals surface area contributed by atoms with Gasteiger partial charge in [0.15, 0.2) is 0 Å². The highest BCUT2D eigenvalue weighted by Crippen LogP contribution is 2.25. The van der Waals surface area contributed by atoms with Crippen LogP contribution in [0.4, 0.5) is 11.4 Å². The quantitative estimate of drug-likeness (QED) is 0.749. The van der Waals surface area contributed by atoms with Crippen molar-refractivity contribution in [3.8, 4) is 0 Å². The number of amides is 2. The first-order valence-corrected chi connectivity index (χ1v) is 7.79. The molecule has 0 heterocycles. The van der Waals surface area contributed by atoms with E-state index in [0.29, 0.717) is 26.4 Å². The van der Waals surface area contributed by atoms with E-state index in [-0.39, 0.29) is 6.42 Å². The SMILES string of the molecule is Cc1cc(Cl)ccc1NC(=O)CC(=O)Nc1cc(Cl)ccc1Cl. The van der Waals surface area contributed by atoms with Crippen molar-refractivity contribution >= 4 is 58.0 Å². The molecule has 7 heteroatoms. The molecule has 0 aliphatic carbocycles. The van der Waals surface area contributed by atoms with Gasteiger partial charge in [-0.1, -0.05) is 34.8 Å². The zero-order valence-corrected chi connectivity index (χ0v) is 14.4. The topological polar surface area (TPSA) is 58.2 Å². The minimum Gasteiger partial charge on any atom is -0.325 e. The van der Waals surface area contributed by atoms with Gasteiger partial charge in [-0.3, -0.25) is 9.59 Å². The van der Waals surface area contributed by atoms with Gasteiger partial charge in [-0.25, -0.2) is 0 Å². The van der Waals surface area contributed by atoms with Crippen molar-refractivity contribution in [2.75, 3.05) is 10.6 Å². The molecule has 0 bridgehead atoms. The molecule has 0 unspecified atom stereocenters. The summed E-state index contributed by atoms with van der Waals surface area (Å²) in [6, 6.07) is 9.76. The lowest BCUT2D eigenvalue weighted by Gasteiger charge is -2.10. The predicted molar refractivity (Wildman–Crippen MR) is 94.5 cm³/mol. The standard InChI is InChI=1S/C16H13Cl3N2O2/c1-9-6-10(17)3-5-13(9)20-15(22)8-16(23)21-14-7-11(18)2-4-12(14)19/h2-7H,8H2,1H3,(H,20,22)(H,21,23). The summed E-state index contributed by atoms with van der Waals surface area (Å²) in [6.45, 7) is 1.81. The molecule has 0 saturated carbocycles. The van der Waals surface area contributed by atoms with Crippen LogP contribution >= 0.6 is 34.8 Å². The lowest BCUT2D eigenvalue weighted by Crippen LogP contribution is -2.21. The Morgan fingerprint density at radius 2 is 1.43 bits per heavy atom. The molecule has 0 atom stereocenters. The summed E-state index contributed by atoms with van der Waals surface area (Å²) in [7, 11) is 0. The summed E-state index contributed by atoms with van der Waals surface area (Å²) in [5.41, 5.74) is 1.77. The van der Waals surface area contributed by atoms with Gasteiger partial charge in [0.25, 0.3) is 0 Å². The Bertz CT molecular complexity index is 763. The van der Waals surface area contributed by atoms with Crippen LogP contribution in [0.3, 0.4) is 0 Å². The van der Waals surface area contributed by atoms with E-state index in [4.69, 9.17) is 34.8 Å². The molecular weight excluding hydrogens is 359 g/mol. The van der Waals surface area contributed by atoms with Gasteiger partial charge in [0.1, 0.15) is 6.42 Å². The van der Waals surface area contributed by atoms with Crippen LogP contribution in [0.2, 0.25) is 15.1 Å². The van der Waals surface area contributed by atoms with Gasteiger partial charge in [-0.15, -0.1) is 0 Å². The van der Waals surface area contributed by atoms with E-state index in [9.17, 15) is 9.59 Å². The summed E-state index contributed by atoms with van der Waals surface area (Å²) >= 11 is 17.7. The van der Waals surface area contributed by atoms with Gasteiger partial charge >= 0.3 is 0 Å². The van der Waals surface area contributed by atoms with Crippen LogP contribution in [0.15, 0.2) is 36.4 Å². The average Bonchev–Trinajstić information content (AvgIpc) is 2.46. The van der Waals surface area contributed by atoms with Gasteiger partial charge in [0, 0.05) is 15.7 Å². The fourth-order valence-corrected chi connectivity index (χ4v) is 2.46. The summed E-state index contributed by atoms with van der Waals surface area (Å²) in [6.07, 6.45) is -0.342. The Labute approximate surface area is 148 Å². The monoisotopic (exact) mass is 370 g/mol. The van der Waals surface area contributed by atoms with Crippen LogP contribution in [0.1, 0.15) is 12.0 Å². The van der Waals surface area contributed by atoms with Crippen LogP contribution in [-0.4, -0.2) is 11.8 Å². The second-order valence-electron chi connectivity index (χ2n) is 4.86. The third-order valence-corrected chi connectivity index (χ3v) is 3.79. The van der Waals surface area contributed by atoms with E-state index >= 15 is 0 Å². The van der Waals surface area contributed by atoms with Crippen LogP contribution in [0.25, 0.3) is 0 Å². The number of nitrogens with one attached hydrogen (secondary N) is 2. The molecule has 0 radical (unpaired) electrons. The second kappa shape index (κ2) is 7.68. The third kappa shape index (κ3) is 5.13. The maximum absolute atomic E-state index is 11.9. The molecule has 0 fully saturated rings. The van der Waals surface area contributed by atoms with E-state index < -0.39 is 11.8 Å². The number of rotatable bonds is 4. The highest BCUT2D eigenvalue weighted by Gasteiger charge is 2.13. The maximum Gasteiger partial charge on any atom is 0.233 e. The smallest absolute Gasteiger partial charge is 0.233 e. The lowest BCUT2D eigenvalue weighted by atomic mass is 10.2. The Balaban J connectivity index is 1.97. The average molecular weight is 372 g/mol. The minimum absolute atomic E-state index is 0.342. The predicted octanol–water partition coefficient (Wildman–Crippen LogP) is 4.92. The first-order valence-electron chi connectivity index (χ1n) is 6.66. The molecule has 0 aliphatic heterocycles. The van der Waals surface area contributed by atoms with Crippen molar-refractivity contribution in [1.29, 1.82) is 0 Å². The number of carbonyl (C=O) groups is 2. The molecule has 2 N–H and O–H groups in total. The second-order valence-corrected chi connectivity index (χ2v) is 6.14. The molecule has 2 aromatic rings. The van der Waals surface area contributed by atoms with Crippen molar-refractivity contribution < 1.29 is 9.59 Å². The van der Waals surface area contributed by atoms with E-state index in [1.54, 1.807) is 30.3 Å². The number of hydrogen-bond acceptors (Lipinski definition) is 2. The number of halogens is 3. The number of aryl methyl sites for hydroxylation is 1. The molecule has 0 aromatic heterocycles.